The third-order valence-corrected chi connectivity index (χ3v) is 5.73. The lowest BCUT2D eigenvalue weighted by molar-refractivity contribution is 0.603. The number of rotatable bonds is 4. The highest BCUT2D eigenvalue weighted by Gasteiger charge is 2.15. The third kappa shape index (κ3) is 2.56. The molecule has 86 valence electrons. The van der Waals surface area contributed by atoms with Gasteiger partial charge in [0.2, 0.25) is 0 Å². The summed E-state index contributed by atoms with van der Waals surface area (Å²) < 4.78 is 1.23. The van der Waals surface area contributed by atoms with Crippen LogP contribution >= 0.6 is 38.6 Å². The molecule has 1 unspecified atom stereocenters. The van der Waals surface area contributed by atoms with Gasteiger partial charge in [0.25, 0.3) is 0 Å². The molecule has 2 aromatic rings. The monoisotopic (exact) mass is 315 g/mol. The molecule has 16 heavy (non-hydrogen) atoms. The Morgan fingerprint density at radius 3 is 2.56 bits per heavy atom. The van der Waals surface area contributed by atoms with E-state index in [1.807, 2.05) is 29.7 Å². The highest BCUT2D eigenvalue weighted by atomic mass is 79.9. The molecule has 4 heteroatoms. The summed E-state index contributed by atoms with van der Waals surface area (Å²) in [5.74, 6) is 0. The second kappa shape index (κ2) is 5.45. The van der Waals surface area contributed by atoms with Crippen molar-refractivity contribution in [1.82, 2.24) is 5.32 Å². The van der Waals surface area contributed by atoms with Crippen molar-refractivity contribution in [1.29, 1.82) is 0 Å². The van der Waals surface area contributed by atoms with Crippen molar-refractivity contribution in [3.05, 3.63) is 42.7 Å². The van der Waals surface area contributed by atoms with Gasteiger partial charge < -0.3 is 5.32 Å². The van der Waals surface area contributed by atoms with E-state index in [1.165, 1.54) is 19.8 Å². The second-order valence-corrected chi connectivity index (χ2v) is 6.51. The molecule has 0 aliphatic carbocycles. The first-order chi connectivity index (χ1) is 7.72. The van der Waals surface area contributed by atoms with Crippen LogP contribution in [0.1, 0.15) is 21.4 Å². The molecule has 0 amide bonds. The zero-order chi connectivity index (χ0) is 11.5. The maximum absolute atomic E-state index is 3.59. The van der Waals surface area contributed by atoms with E-state index in [0.29, 0.717) is 6.04 Å². The quantitative estimate of drug-likeness (QED) is 0.882. The molecule has 1 N–H and O–H groups in total. The number of thiophene rings is 2. The van der Waals surface area contributed by atoms with Crippen LogP contribution in [0, 0.1) is 6.92 Å². The summed E-state index contributed by atoms with van der Waals surface area (Å²) in [5.41, 5.74) is 1.39. The molecule has 1 nitrogen and oxygen atoms in total. The molecule has 1 atom stereocenters. The summed E-state index contributed by atoms with van der Waals surface area (Å²) in [6.07, 6.45) is 1.05. The minimum absolute atomic E-state index is 0.426. The van der Waals surface area contributed by atoms with Crippen LogP contribution in [-0.2, 0) is 6.42 Å². The van der Waals surface area contributed by atoms with Crippen LogP contribution in [-0.4, -0.2) is 7.05 Å². The van der Waals surface area contributed by atoms with Gasteiger partial charge in [-0.05, 0) is 58.4 Å². The summed E-state index contributed by atoms with van der Waals surface area (Å²) in [7, 11) is 2.03. The number of halogens is 1. The number of aryl methyl sites for hydroxylation is 1. The van der Waals surface area contributed by atoms with Gasteiger partial charge in [-0.1, -0.05) is 0 Å². The molecule has 0 bridgehead atoms. The lowest BCUT2D eigenvalue weighted by Gasteiger charge is -2.15. The van der Waals surface area contributed by atoms with E-state index in [9.17, 15) is 0 Å². The molecule has 0 radical (unpaired) electrons. The fraction of sp³-hybridized carbons (Fsp3) is 0.333. The molecule has 2 aromatic heterocycles. The van der Waals surface area contributed by atoms with Crippen LogP contribution in [0.2, 0.25) is 0 Å². The van der Waals surface area contributed by atoms with E-state index in [-0.39, 0.29) is 0 Å². The number of hydrogen-bond donors (Lipinski definition) is 1. The van der Waals surface area contributed by atoms with Gasteiger partial charge >= 0.3 is 0 Å². The Morgan fingerprint density at radius 2 is 2.06 bits per heavy atom. The Labute approximate surface area is 113 Å². The van der Waals surface area contributed by atoms with E-state index >= 15 is 0 Å². The maximum atomic E-state index is 3.59. The SMILES string of the molecule is CNC(Cc1sccc1Br)c1sccc1C. The van der Waals surface area contributed by atoms with Gasteiger partial charge in [-0.3, -0.25) is 0 Å². The molecule has 2 heterocycles. The van der Waals surface area contributed by atoms with E-state index in [0.717, 1.165) is 6.42 Å². The van der Waals surface area contributed by atoms with Crippen LogP contribution in [0.25, 0.3) is 0 Å². The van der Waals surface area contributed by atoms with E-state index in [2.05, 4.69) is 51.1 Å². The number of nitrogens with one attached hydrogen (secondary N) is 1. The van der Waals surface area contributed by atoms with E-state index < -0.39 is 0 Å². The van der Waals surface area contributed by atoms with Gasteiger partial charge in [0.05, 0.1) is 0 Å². The minimum Gasteiger partial charge on any atom is -0.312 e. The molecular weight excluding hydrogens is 302 g/mol. The Balaban J connectivity index is 2.19. The third-order valence-electron chi connectivity index (χ3n) is 2.65. The molecular formula is C12H14BrNS2. The van der Waals surface area contributed by atoms with Crippen LogP contribution in [0.4, 0.5) is 0 Å². The maximum Gasteiger partial charge on any atom is 0.0464 e. The van der Waals surface area contributed by atoms with Gasteiger partial charge in [0.1, 0.15) is 0 Å². The molecule has 0 spiro atoms. The summed E-state index contributed by atoms with van der Waals surface area (Å²) in [6, 6.07) is 4.73. The van der Waals surface area contributed by atoms with Crippen molar-refractivity contribution in [2.24, 2.45) is 0 Å². The van der Waals surface area contributed by atoms with Gasteiger partial charge in [0, 0.05) is 26.7 Å². The zero-order valence-electron chi connectivity index (χ0n) is 9.29. The van der Waals surface area contributed by atoms with Gasteiger partial charge in [0.15, 0.2) is 0 Å². The van der Waals surface area contributed by atoms with Crippen molar-refractivity contribution in [2.45, 2.75) is 19.4 Å². The van der Waals surface area contributed by atoms with Gasteiger partial charge in [-0.2, -0.15) is 0 Å². The molecule has 0 fully saturated rings. The van der Waals surface area contributed by atoms with Crippen molar-refractivity contribution < 1.29 is 0 Å². The first-order valence-corrected chi connectivity index (χ1v) is 7.70. The van der Waals surface area contributed by atoms with Crippen LogP contribution < -0.4 is 5.32 Å². The first kappa shape index (κ1) is 12.3. The molecule has 0 aliphatic heterocycles. The van der Waals surface area contributed by atoms with Gasteiger partial charge in [-0.15, -0.1) is 22.7 Å². The van der Waals surface area contributed by atoms with Crippen LogP contribution in [0.5, 0.6) is 0 Å². The van der Waals surface area contributed by atoms with Crippen molar-refractivity contribution in [3.63, 3.8) is 0 Å². The predicted molar refractivity (Wildman–Crippen MR) is 76.6 cm³/mol. The van der Waals surface area contributed by atoms with Gasteiger partial charge in [-0.25, -0.2) is 0 Å². The molecule has 0 saturated carbocycles. The highest BCUT2D eigenvalue weighted by molar-refractivity contribution is 9.10. The van der Waals surface area contributed by atoms with E-state index in [1.54, 1.807) is 0 Å². The molecule has 0 aliphatic rings. The van der Waals surface area contributed by atoms with Crippen molar-refractivity contribution in [2.75, 3.05) is 7.05 Å². The van der Waals surface area contributed by atoms with Crippen molar-refractivity contribution >= 4 is 38.6 Å². The molecule has 0 saturated heterocycles. The summed E-state index contributed by atoms with van der Waals surface area (Å²) in [5, 5.41) is 7.70. The fourth-order valence-electron chi connectivity index (χ4n) is 1.72. The van der Waals surface area contributed by atoms with E-state index in [4.69, 9.17) is 0 Å². The smallest absolute Gasteiger partial charge is 0.0464 e. The lowest BCUT2D eigenvalue weighted by atomic mass is 10.1. The normalized spacial score (nSPS) is 12.9. The Kier molecular flexibility index (Phi) is 4.19. The zero-order valence-corrected chi connectivity index (χ0v) is 12.5. The average molecular weight is 316 g/mol. The molecule has 2 rings (SSSR count). The standard InChI is InChI=1S/C12H14BrNS2/c1-8-3-5-16-12(8)10(14-2)7-11-9(13)4-6-15-11/h3-6,10,14H,7H2,1-2H3. The first-order valence-electron chi connectivity index (χ1n) is 5.15. The predicted octanol–water partition coefficient (Wildman–Crippen LogP) is 4.38. The average Bonchev–Trinajstić information content (AvgIpc) is 2.85. The Morgan fingerprint density at radius 1 is 1.31 bits per heavy atom. The summed E-state index contributed by atoms with van der Waals surface area (Å²) in [4.78, 5) is 2.86. The largest absolute Gasteiger partial charge is 0.312 e. The minimum atomic E-state index is 0.426. The van der Waals surface area contributed by atoms with Crippen LogP contribution in [0.15, 0.2) is 27.4 Å². The second-order valence-electron chi connectivity index (χ2n) is 3.70. The number of hydrogen-bond acceptors (Lipinski definition) is 3. The summed E-state index contributed by atoms with van der Waals surface area (Å²) in [6.45, 7) is 2.18. The Hall–Kier alpha value is -0.160. The summed E-state index contributed by atoms with van der Waals surface area (Å²) >= 11 is 7.24. The molecule has 0 aromatic carbocycles. The van der Waals surface area contributed by atoms with Crippen molar-refractivity contribution in [3.8, 4) is 0 Å². The van der Waals surface area contributed by atoms with Crippen LogP contribution in [0.3, 0.4) is 0 Å². The Bertz CT molecular complexity index is 461. The lowest BCUT2D eigenvalue weighted by Crippen LogP contribution is -2.18. The topological polar surface area (TPSA) is 12.0 Å². The highest BCUT2D eigenvalue weighted by Crippen LogP contribution is 2.31. The number of likely N-dealkylation sites (N-methyl/N-ethyl adjacent to an activating group) is 1. The fourth-order valence-corrected chi connectivity index (χ4v) is 4.32.